The number of aliphatic hydroxyl groups excluding tert-OH is 1. The number of hydrogen-bond acceptors (Lipinski definition) is 4. The molecule has 0 aliphatic heterocycles. The maximum absolute atomic E-state index is 10.3. The van der Waals surface area contributed by atoms with Crippen LogP contribution in [0, 0.1) is 0 Å². The van der Waals surface area contributed by atoms with Crippen molar-refractivity contribution in [1.29, 1.82) is 0 Å². The lowest BCUT2D eigenvalue weighted by Crippen LogP contribution is -2.57. The summed E-state index contributed by atoms with van der Waals surface area (Å²) in [6.07, 6.45) is 2.60. The highest BCUT2D eigenvalue weighted by Gasteiger charge is 2.38. The monoisotopic (exact) mass is 230 g/mol. The van der Waals surface area contributed by atoms with Gasteiger partial charge < -0.3 is 20.4 Å². The van der Waals surface area contributed by atoms with Crippen molar-refractivity contribution in [1.82, 2.24) is 10.2 Å². The minimum Gasteiger partial charge on any atom is -0.481 e. The van der Waals surface area contributed by atoms with Crippen molar-refractivity contribution < 1.29 is 15.0 Å². The summed E-state index contributed by atoms with van der Waals surface area (Å²) >= 11 is 0. The number of nitrogens with zero attached hydrogens (tertiary/aromatic N) is 1. The lowest BCUT2D eigenvalue weighted by atomic mass is 9.75. The molecule has 5 heteroatoms. The van der Waals surface area contributed by atoms with Crippen molar-refractivity contribution >= 4 is 5.97 Å². The van der Waals surface area contributed by atoms with Crippen LogP contribution < -0.4 is 5.32 Å². The van der Waals surface area contributed by atoms with E-state index in [9.17, 15) is 9.90 Å². The molecule has 0 heterocycles. The summed E-state index contributed by atoms with van der Waals surface area (Å²) in [4.78, 5) is 12.6. The second kappa shape index (κ2) is 5.61. The summed E-state index contributed by atoms with van der Waals surface area (Å²) in [6.45, 7) is 1.17. The Morgan fingerprint density at radius 1 is 1.50 bits per heavy atom. The van der Waals surface area contributed by atoms with Crippen molar-refractivity contribution in [2.45, 2.75) is 37.3 Å². The van der Waals surface area contributed by atoms with Gasteiger partial charge in [-0.15, -0.1) is 0 Å². The number of nitrogens with one attached hydrogen (secondary N) is 1. The topological polar surface area (TPSA) is 72.8 Å². The third kappa shape index (κ3) is 3.43. The molecule has 0 bridgehead atoms. The van der Waals surface area contributed by atoms with Crippen LogP contribution in [0.2, 0.25) is 0 Å². The molecule has 1 fully saturated rings. The van der Waals surface area contributed by atoms with E-state index < -0.39 is 12.1 Å². The molecule has 94 valence electrons. The summed E-state index contributed by atoms with van der Waals surface area (Å²) in [5.74, 6) is -0.958. The molecule has 3 N–H and O–H groups in total. The highest BCUT2D eigenvalue weighted by Crippen LogP contribution is 2.35. The fourth-order valence-electron chi connectivity index (χ4n) is 2.11. The molecule has 0 aromatic carbocycles. The van der Waals surface area contributed by atoms with Gasteiger partial charge in [0, 0.05) is 18.6 Å². The lowest BCUT2D eigenvalue weighted by Gasteiger charge is -2.47. The first-order valence-corrected chi connectivity index (χ1v) is 5.74. The zero-order valence-corrected chi connectivity index (χ0v) is 10.1. The lowest BCUT2D eigenvalue weighted by molar-refractivity contribution is -0.139. The molecule has 0 saturated heterocycles. The van der Waals surface area contributed by atoms with Gasteiger partial charge >= 0.3 is 5.97 Å². The first-order chi connectivity index (χ1) is 7.46. The van der Waals surface area contributed by atoms with E-state index in [0.717, 1.165) is 6.54 Å². The quantitative estimate of drug-likeness (QED) is 0.569. The smallest absolute Gasteiger partial charge is 0.306 e. The molecule has 0 aromatic rings. The van der Waals surface area contributed by atoms with Crippen molar-refractivity contribution in [2.24, 2.45) is 0 Å². The van der Waals surface area contributed by atoms with E-state index in [-0.39, 0.29) is 12.0 Å². The van der Waals surface area contributed by atoms with Gasteiger partial charge in [-0.1, -0.05) is 0 Å². The summed E-state index contributed by atoms with van der Waals surface area (Å²) in [5.41, 5.74) is 0.211. The summed E-state index contributed by atoms with van der Waals surface area (Å²) in [5, 5.41) is 21.0. The average Bonchev–Trinajstić information content (AvgIpc) is 2.07. The third-order valence-corrected chi connectivity index (χ3v) is 3.48. The number of hydrogen-bond donors (Lipinski definition) is 3. The zero-order valence-electron chi connectivity index (χ0n) is 10.1. The van der Waals surface area contributed by atoms with Crippen molar-refractivity contribution in [2.75, 3.05) is 27.2 Å². The normalized spacial score (nSPS) is 20.5. The van der Waals surface area contributed by atoms with Crippen LogP contribution >= 0.6 is 0 Å². The predicted octanol–water partition coefficient (Wildman–Crippen LogP) is -0.104. The van der Waals surface area contributed by atoms with E-state index >= 15 is 0 Å². The Balaban J connectivity index is 2.21. The van der Waals surface area contributed by atoms with Crippen LogP contribution in [-0.2, 0) is 4.79 Å². The van der Waals surface area contributed by atoms with Crippen LogP contribution in [0.15, 0.2) is 0 Å². The third-order valence-electron chi connectivity index (χ3n) is 3.48. The number of carbonyl (C=O) groups is 1. The van der Waals surface area contributed by atoms with Crippen molar-refractivity contribution in [3.05, 3.63) is 0 Å². The molecule has 1 rings (SSSR count). The van der Waals surface area contributed by atoms with Crippen LogP contribution in [0.4, 0.5) is 0 Å². The zero-order chi connectivity index (χ0) is 12.2. The first-order valence-electron chi connectivity index (χ1n) is 5.74. The minimum atomic E-state index is -0.958. The van der Waals surface area contributed by atoms with E-state index in [4.69, 9.17) is 5.11 Å². The molecular formula is C11H22N2O3. The van der Waals surface area contributed by atoms with E-state index in [1.54, 1.807) is 0 Å². The number of rotatable bonds is 7. The number of likely N-dealkylation sites (N-methyl/N-ethyl adjacent to an activating group) is 1. The van der Waals surface area contributed by atoms with Gasteiger partial charge in [0.2, 0.25) is 0 Å². The van der Waals surface area contributed by atoms with Gasteiger partial charge in [0.1, 0.15) is 0 Å². The Bertz CT molecular complexity index is 239. The Morgan fingerprint density at radius 3 is 2.50 bits per heavy atom. The molecule has 1 aliphatic carbocycles. The van der Waals surface area contributed by atoms with Gasteiger partial charge in [0.05, 0.1) is 12.5 Å². The van der Waals surface area contributed by atoms with E-state index in [2.05, 4.69) is 24.3 Å². The summed E-state index contributed by atoms with van der Waals surface area (Å²) < 4.78 is 0. The molecule has 1 aliphatic rings. The number of carboxylic acid groups (broad SMARTS) is 1. The van der Waals surface area contributed by atoms with Crippen LogP contribution in [0.3, 0.4) is 0 Å². The fraction of sp³-hybridized carbons (Fsp3) is 0.909. The minimum absolute atomic E-state index is 0.192. The van der Waals surface area contributed by atoms with Gasteiger partial charge in [-0.3, -0.25) is 4.79 Å². The van der Waals surface area contributed by atoms with Gasteiger partial charge in [-0.25, -0.2) is 0 Å². The number of aliphatic hydroxyl groups is 1. The van der Waals surface area contributed by atoms with E-state index in [1.165, 1.54) is 19.3 Å². The predicted molar refractivity (Wildman–Crippen MR) is 61.4 cm³/mol. The Kier molecular flexibility index (Phi) is 4.70. The average molecular weight is 230 g/mol. The Morgan fingerprint density at radius 2 is 2.12 bits per heavy atom. The van der Waals surface area contributed by atoms with Gasteiger partial charge in [0.15, 0.2) is 0 Å². The van der Waals surface area contributed by atoms with E-state index in [1.807, 2.05) is 0 Å². The van der Waals surface area contributed by atoms with Gasteiger partial charge in [-0.05, 0) is 33.4 Å². The molecule has 1 unspecified atom stereocenters. The van der Waals surface area contributed by atoms with Crippen LogP contribution in [0.1, 0.15) is 25.7 Å². The van der Waals surface area contributed by atoms with Gasteiger partial charge in [-0.2, -0.15) is 0 Å². The Hall–Kier alpha value is -0.650. The van der Waals surface area contributed by atoms with Crippen LogP contribution in [0.25, 0.3) is 0 Å². The molecule has 5 nitrogen and oxygen atoms in total. The summed E-state index contributed by atoms with van der Waals surface area (Å²) in [6, 6.07) is 0. The highest BCUT2D eigenvalue weighted by atomic mass is 16.4. The second-order valence-corrected chi connectivity index (χ2v) is 4.85. The summed E-state index contributed by atoms with van der Waals surface area (Å²) in [7, 11) is 4.13. The molecule has 0 spiro atoms. The number of carboxylic acids is 1. The van der Waals surface area contributed by atoms with Crippen LogP contribution in [0.5, 0.6) is 0 Å². The first kappa shape index (κ1) is 13.4. The molecule has 1 saturated carbocycles. The second-order valence-electron chi connectivity index (χ2n) is 4.85. The number of aliphatic carboxylic acids is 1. The van der Waals surface area contributed by atoms with E-state index in [0.29, 0.717) is 6.54 Å². The maximum atomic E-state index is 10.3. The molecule has 0 amide bonds. The molecular weight excluding hydrogens is 208 g/mol. The standard InChI is InChI=1S/C11H22N2O3/c1-13(2)11(4-3-5-11)8-12-7-9(14)6-10(15)16/h9,12,14H,3-8H2,1-2H3,(H,15,16). The highest BCUT2D eigenvalue weighted by molar-refractivity contribution is 5.67. The van der Waals surface area contributed by atoms with Gasteiger partial charge in [0.25, 0.3) is 0 Å². The van der Waals surface area contributed by atoms with Crippen molar-refractivity contribution in [3.63, 3.8) is 0 Å². The largest absolute Gasteiger partial charge is 0.481 e. The maximum Gasteiger partial charge on any atom is 0.306 e. The fourth-order valence-corrected chi connectivity index (χ4v) is 2.11. The molecule has 0 radical (unpaired) electrons. The molecule has 0 aromatic heterocycles. The molecule has 16 heavy (non-hydrogen) atoms. The Labute approximate surface area is 96.4 Å². The SMILES string of the molecule is CN(C)C1(CNCC(O)CC(=O)O)CCC1. The molecule has 1 atom stereocenters. The van der Waals surface area contributed by atoms with Crippen LogP contribution in [-0.4, -0.2) is 59.9 Å². The van der Waals surface area contributed by atoms with Crippen molar-refractivity contribution in [3.8, 4) is 0 Å².